The molecule has 0 saturated carbocycles. The first-order valence-electron chi connectivity index (χ1n) is 11.4. The zero-order chi connectivity index (χ0) is 25.8. The molecular weight excluding hydrogens is 509 g/mol. The molecule has 0 spiro atoms. The van der Waals surface area contributed by atoms with Gasteiger partial charge in [-0.05, 0) is 66.7 Å². The molecule has 0 aliphatic carbocycles. The Balaban J connectivity index is 1.41. The molecule has 1 nitrogen and oxygen atoms in total. The van der Waals surface area contributed by atoms with Crippen LogP contribution in [0.15, 0.2) is 146 Å². The minimum absolute atomic E-state index is 0.242. The minimum atomic E-state index is -0.994. The average Bonchev–Trinajstić information content (AvgIpc) is 2.93. The van der Waals surface area contributed by atoms with Crippen molar-refractivity contribution < 1.29 is 18.0 Å². The van der Waals surface area contributed by atoms with Gasteiger partial charge in [0, 0.05) is 20.9 Å². The molecule has 0 aliphatic rings. The first-order valence-corrected chi connectivity index (χ1v) is 13.5. The van der Waals surface area contributed by atoms with Crippen LogP contribution in [0.25, 0.3) is 0 Å². The third-order valence-electron chi connectivity index (χ3n) is 5.63. The van der Waals surface area contributed by atoms with Crippen molar-refractivity contribution in [3.63, 3.8) is 0 Å². The summed E-state index contributed by atoms with van der Waals surface area (Å²) in [5.74, 6) is -1.54. The molecule has 5 aromatic carbocycles. The fraction of sp³-hybridized carbons (Fsp3) is 0. The van der Waals surface area contributed by atoms with Gasteiger partial charge in [0.05, 0.1) is 0 Å². The Morgan fingerprint density at radius 2 is 1.14 bits per heavy atom. The van der Waals surface area contributed by atoms with Gasteiger partial charge in [-0.1, -0.05) is 66.4 Å². The van der Waals surface area contributed by atoms with E-state index in [1.807, 2.05) is 30.3 Å². The number of halogens is 3. The summed E-state index contributed by atoms with van der Waals surface area (Å²) in [6, 6.07) is 33.2. The Labute approximate surface area is 220 Å². The number of carbonyl (C=O) groups excluding carboxylic acids is 1. The Hall–Kier alpha value is -3.74. The minimum Gasteiger partial charge on any atom is -0.289 e. The Bertz CT molecular complexity index is 1510. The summed E-state index contributed by atoms with van der Waals surface area (Å²) >= 11 is 1.22. The summed E-state index contributed by atoms with van der Waals surface area (Å²) in [4.78, 5) is 15.3. The maximum atomic E-state index is 14.9. The fourth-order valence-corrected chi connectivity index (χ4v) is 6.77. The van der Waals surface area contributed by atoms with Gasteiger partial charge >= 0.3 is 0 Å². The lowest BCUT2D eigenvalue weighted by atomic mass is 10.0. The van der Waals surface area contributed by atoms with Crippen LogP contribution < -0.4 is 0 Å². The maximum Gasteiger partial charge on any atom is 0.202 e. The van der Waals surface area contributed by atoms with Gasteiger partial charge < -0.3 is 0 Å². The number of hydrogen-bond donors (Lipinski definition) is 0. The van der Waals surface area contributed by atoms with E-state index in [1.165, 1.54) is 30.0 Å². The smallest absolute Gasteiger partial charge is 0.202 e. The SMILES string of the molecule is O=C(c1ccccc1)c1ccc(Sc2ccc([S+](c3ccccc3F)c3ccccc3F)cc2)c(F)c1. The van der Waals surface area contributed by atoms with E-state index in [0.717, 1.165) is 9.79 Å². The van der Waals surface area contributed by atoms with Gasteiger partial charge in [-0.2, -0.15) is 0 Å². The van der Waals surface area contributed by atoms with Crippen LogP contribution in [0.5, 0.6) is 0 Å². The fourth-order valence-electron chi connectivity index (χ4n) is 3.84. The highest BCUT2D eigenvalue weighted by Gasteiger charge is 2.34. The molecule has 0 bridgehead atoms. The van der Waals surface area contributed by atoms with Gasteiger partial charge in [0.15, 0.2) is 22.3 Å². The summed E-state index contributed by atoms with van der Waals surface area (Å²) in [5.41, 5.74) is 0.778. The van der Waals surface area contributed by atoms with E-state index < -0.39 is 28.3 Å². The van der Waals surface area contributed by atoms with E-state index >= 15 is 0 Å². The van der Waals surface area contributed by atoms with E-state index in [0.29, 0.717) is 20.2 Å². The highest BCUT2D eigenvalue weighted by molar-refractivity contribution is 7.99. The lowest BCUT2D eigenvalue weighted by molar-refractivity contribution is 0.103. The lowest BCUT2D eigenvalue weighted by Gasteiger charge is -2.10. The lowest BCUT2D eigenvalue weighted by Crippen LogP contribution is -2.09. The Morgan fingerprint density at radius 1 is 0.568 bits per heavy atom. The van der Waals surface area contributed by atoms with Gasteiger partial charge in [-0.25, -0.2) is 13.2 Å². The average molecular weight is 530 g/mol. The van der Waals surface area contributed by atoms with Gasteiger partial charge in [0.2, 0.25) is 9.79 Å². The molecule has 0 N–H and O–H groups in total. The standard InChI is InChI=1S/C31H20F3OS2/c32-25-10-4-6-12-29(25)37(30-13-7-5-11-26(30)33)24-17-15-23(16-18-24)36-28-19-14-22(20-27(28)34)31(35)21-8-2-1-3-9-21/h1-20H/q+1. The van der Waals surface area contributed by atoms with Crippen molar-refractivity contribution in [2.45, 2.75) is 24.5 Å². The number of benzene rings is 5. The highest BCUT2D eigenvalue weighted by atomic mass is 32.2. The Kier molecular flexibility index (Phi) is 7.49. The quantitative estimate of drug-likeness (QED) is 0.155. The van der Waals surface area contributed by atoms with E-state index in [-0.39, 0.29) is 11.3 Å². The van der Waals surface area contributed by atoms with Crippen LogP contribution in [-0.4, -0.2) is 5.78 Å². The molecular formula is C31H20F3OS2+. The third-order valence-corrected chi connectivity index (χ3v) is 8.97. The zero-order valence-electron chi connectivity index (χ0n) is 19.4. The molecule has 0 atom stereocenters. The second kappa shape index (κ2) is 11.1. The predicted octanol–water partition coefficient (Wildman–Crippen LogP) is 8.58. The van der Waals surface area contributed by atoms with Crippen molar-refractivity contribution in [1.82, 2.24) is 0 Å². The van der Waals surface area contributed by atoms with Crippen molar-refractivity contribution >= 4 is 28.4 Å². The second-order valence-electron chi connectivity index (χ2n) is 8.08. The summed E-state index contributed by atoms with van der Waals surface area (Å²) in [6.07, 6.45) is 0. The van der Waals surface area contributed by atoms with Crippen LogP contribution in [0.3, 0.4) is 0 Å². The first-order chi connectivity index (χ1) is 18.0. The van der Waals surface area contributed by atoms with Gasteiger partial charge in [-0.15, -0.1) is 0 Å². The van der Waals surface area contributed by atoms with Gasteiger partial charge in [0.25, 0.3) is 0 Å². The van der Waals surface area contributed by atoms with Crippen molar-refractivity contribution in [2.24, 2.45) is 0 Å². The summed E-state index contributed by atoms with van der Waals surface area (Å²) in [6.45, 7) is 0. The van der Waals surface area contributed by atoms with Crippen LogP contribution in [0, 0.1) is 17.5 Å². The molecule has 0 unspecified atom stereocenters. The molecule has 5 rings (SSSR count). The summed E-state index contributed by atoms with van der Waals surface area (Å²) < 4.78 is 44.4. The van der Waals surface area contributed by atoms with Crippen LogP contribution in [0.1, 0.15) is 15.9 Å². The molecule has 37 heavy (non-hydrogen) atoms. The normalized spacial score (nSPS) is 11.0. The van der Waals surface area contributed by atoms with Crippen molar-refractivity contribution in [2.75, 3.05) is 0 Å². The molecule has 0 saturated heterocycles. The van der Waals surface area contributed by atoms with E-state index in [1.54, 1.807) is 72.8 Å². The number of carbonyl (C=O) groups is 1. The van der Waals surface area contributed by atoms with Crippen molar-refractivity contribution in [1.29, 1.82) is 0 Å². The van der Waals surface area contributed by atoms with Crippen LogP contribution >= 0.6 is 11.8 Å². The van der Waals surface area contributed by atoms with Gasteiger partial charge in [0.1, 0.15) is 16.7 Å². The van der Waals surface area contributed by atoms with E-state index in [4.69, 9.17) is 0 Å². The number of ketones is 1. The van der Waals surface area contributed by atoms with Gasteiger partial charge in [-0.3, -0.25) is 4.79 Å². The molecule has 0 heterocycles. The molecule has 0 amide bonds. The van der Waals surface area contributed by atoms with Crippen molar-refractivity contribution in [3.8, 4) is 0 Å². The highest BCUT2D eigenvalue weighted by Crippen LogP contribution is 2.36. The zero-order valence-corrected chi connectivity index (χ0v) is 21.0. The maximum absolute atomic E-state index is 14.9. The monoisotopic (exact) mass is 529 g/mol. The topological polar surface area (TPSA) is 17.1 Å². The summed E-state index contributed by atoms with van der Waals surface area (Å²) in [5, 5.41) is 0. The largest absolute Gasteiger partial charge is 0.289 e. The first kappa shape index (κ1) is 24.9. The molecule has 182 valence electrons. The van der Waals surface area contributed by atoms with Crippen LogP contribution in [-0.2, 0) is 10.9 Å². The van der Waals surface area contributed by atoms with Crippen LogP contribution in [0.4, 0.5) is 13.2 Å². The second-order valence-corrected chi connectivity index (χ2v) is 11.2. The molecule has 0 aliphatic heterocycles. The third kappa shape index (κ3) is 5.50. The molecule has 5 aromatic rings. The van der Waals surface area contributed by atoms with E-state index in [9.17, 15) is 18.0 Å². The molecule has 0 fully saturated rings. The van der Waals surface area contributed by atoms with Crippen molar-refractivity contribution in [3.05, 3.63) is 150 Å². The Morgan fingerprint density at radius 3 is 1.70 bits per heavy atom. The number of hydrogen-bond acceptors (Lipinski definition) is 2. The molecule has 6 heteroatoms. The molecule has 0 aromatic heterocycles. The number of rotatable bonds is 7. The predicted molar refractivity (Wildman–Crippen MR) is 142 cm³/mol. The summed E-state index contributed by atoms with van der Waals surface area (Å²) in [7, 11) is -0.994. The van der Waals surface area contributed by atoms with Crippen LogP contribution in [0.2, 0.25) is 0 Å². The molecule has 0 radical (unpaired) electrons. The van der Waals surface area contributed by atoms with E-state index in [2.05, 4.69) is 0 Å².